The predicted molar refractivity (Wildman–Crippen MR) is 114 cm³/mol. The molecule has 0 aliphatic carbocycles. The van der Waals surface area contributed by atoms with Crippen molar-refractivity contribution in [3.8, 4) is 5.75 Å². The molecule has 3 rings (SSSR count). The van der Waals surface area contributed by atoms with Crippen molar-refractivity contribution in [3.05, 3.63) is 64.4 Å². The van der Waals surface area contributed by atoms with E-state index in [4.69, 9.17) is 21.7 Å². The summed E-state index contributed by atoms with van der Waals surface area (Å²) in [6, 6.07) is 6.68. The van der Waals surface area contributed by atoms with Crippen LogP contribution in [0, 0.1) is 13.8 Å². The van der Waals surface area contributed by atoms with Crippen LogP contribution in [0.3, 0.4) is 0 Å². The first kappa shape index (κ1) is 21.1. The molecule has 0 bridgehead atoms. The average Bonchev–Trinajstić information content (AvgIpc) is 3.03. The molecule has 1 amide bonds. The van der Waals surface area contributed by atoms with Crippen LogP contribution in [0.4, 0.5) is 0 Å². The number of aryl methyl sites for hydroxylation is 2. The summed E-state index contributed by atoms with van der Waals surface area (Å²) in [7, 11) is 0. The molecule has 1 fully saturated rings. The average molecular weight is 412 g/mol. The Bertz CT molecular complexity index is 986. The van der Waals surface area contributed by atoms with Gasteiger partial charge in [-0.15, -0.1) is 0 Å². The zero-order valence-electron chi connectivity index (χ0n) is 17.4. The number of piperazine rings is 1. The van der Waals surface area contributed by atoms with Crippen LogP contribution in [-0.4, -0.2) is 51.6 Å². The summed E-state index contributed by atoms with van der Waals surface area (Å²) in [6.45, 7) is 6.97. The topological polar surface area (TPSA) is 148 Å². The zero-order valence-corrected chi connectivity index (χ0v) is 17.4. The Kier molecular flexibility index (Phi) is 5.91. The molecule has 9 heteroatoms. The van der Waals surface area contributed by atoms with E-state index in [0.29, 0.717) is 53.6 Å². The number of hydrogen-bond acceptors (Lipinski definition) is 8. The molecule has 1 aromatic carbocycles. The minimum atomic E-state index is -0.103. The molecule has 1 aliphatic heterocycles. The Morgan fingerprint density at radius 2 is 1.93 bits per heavy atom. The molecule has 30 heavy (non-hydrogen) atoms. The number of rotatable bonds is 4. The van der Waals surface area contributed by atoms with Crippen LogP contribution in [0.5, 0.6) is 5.75 Å². The molecule has 1 atom stereocenters. The summed E-state index contributed by atoms with van der Waals surface area (Å²) in [5.41, 5.74) is 20.6. The van der Waals surface area contributed by atoms with Crippen molar-refractivity contribution < 1.29 is 14.4 Å². The second-order valence-electron chi connectivity index (χ2n) is 7.45. The number of hydrogen-bond donors (Lipinski definition) is 4. The Labute approximate surface area is 175 Å². The van der Waals surface area contributed by atoms with Gasteiger partial charge in [0.1, 0.15) is 22.9 Å². The lowest BCUT2D eigenvalue weighted by molar-refractivity contribution is 0.0544. The molecular formula is C21H28N6O3. The number of aromatic nitrogens is 1. The third-order valence-corrected chi connectivity index (χ3v) is 5.28. The minimum Gasteiger partial charge on any atom is -0.507 e. The molecule has 160 valence electrons. The van der Waals surface area contributed by atoms with Crippen LogP contribution < -0.4 is 17.2 Å². The summed E-state index contributed by atoms with van der Waals surface area (Å²) in [6.07, 6.45) is 1.66. The fourth-order valence-electron chi connectivity index (χ4n) is 3.71. The van der Waals surface area contributed by atoms with Crippen molar-refractivity contribution in [2.75, 3.05) is 19.6 Å². The highest BCUT2D eigenvalue weighted by molar-refractivity contribution is 5.96. The first-order chi connectivity index (χ1) is 14.2. The van der Waals surface area contributed by atoms with Gasteiger partial charge in [-0.05, 0) is 39.0 Å². The first-order valence-electron chi connectivity index (χ1n) is 9.70. The maximum absolute atomic E-state index is 13.0. The van der Waals surface area contributed by atoms with Gasteiger partial charge < -0.3 is 36.6 Å². The molecule has 2 aromatic rings. The molecule has 0 saturated carbocycles. The second-order valence-corrected chi connectivity index (χ2v) is 7.45. The highest BCUT2D eigenvalue weighted by Crippen LogP contribution is 2.25. The molecule has 7 N–H and O–H groups in total. The number of nitrogens with two attached hydrogens (primary N) is 3. The molecule has 1 aromatic heterocycles. The van der Waals surface area contributed by atoms with E-state index in [2.05, 4.69) is 5.16 Å². The molecule has 1 saturated heterocycles. The summed E-state index contributed by atoms with van der Waals surface area (Å²) >= 11 is 0. The van der Waals surface area contributed by atoms with Crippen molar-refractivity contribution in [2.45, 2.75) is 26.8 Å². The van der Waals surface area contributed by atoms with Crippen LogP contribution in [0.1, 0.15) is 34.3 Å². The van der Waals surface area contributed by atoms with Gasteiger partial charge in [-0.2, -0.15) is 0 Å². The highest BCUT2D eigenvalue weighted by atomic mass is 16.5. The Morgan fingerprint density at radius 3 is 2.50 bits per heavy atom. The number of nitrogens with zero attached hydrogens (tertiary/aromatic N) is 3. The van der Waals surface area contributed by atoms with E-state index in [0.717, 1.165) is 0 Å². The van der Waals surface area contributed by atoms with Gasteiger partial charge in [0.05, 0.1) is 11.4 Å². The largest absolute Gasteiger partial charge is 0.507 e. The van der Waals surface area contributed by atoms with E-state index in [9.17, 15) is 9.90 Å². The lowest BCUT2D eigenvalue weighted by atomic mass is 10.1. The van der Waals surface area contributed by atoms with Gasteiger partial charge >= 0.3 is 0 Å². The number of amides is 1. The van der Waals surface area contributed by atoms with Crippen LogP contribution in [0.15, 0.2) is 46.4 Å². The van der Waals surface area contributed by atoms with Crippen LogP contribution in [-0.2, 0) is 0 Å². The minimum absolute atomic E-state index is 0.0736. The Balaban J connectivity index is 1.80. The molecular weight excluding hydrogens is 384 g/mol. The molecule has 1 aliphatic rings. The maximum Gasteiger partial charge on any atom is 0.259 e. The Morgan fingerprint density at radius 1 is 1.23 bits per heavy atom. The highest BCUT2D eigenvalue weighted by Gasteiger charge is 2.32. The normalized spacial score (nSPS) is 17.2. The predicted octanol–water partition coefficient (Wildman–Crippen LogP) is 1.23. The number of carbonyl (C=O) groups is 1. The fourth-order valence-corrected chi connectivity index (χ4v) is 3.71. The van der Waals surface area contributed by atoms with E-state index in [1.165, 1.54) is 0 Å². The van der Waals surface area contributed by atoms with Gasteiger partial charge in [0.15, 0.2) is 0 Å². The maximum atomic E-state index is 13.0. The van der Waals surface area contributed by atoms with E-state index in [1.54, 1.807) is 49.1 Å². The molecule has 9 nitrogen and oxygen atoms in total. The Hall–Kier alpha value is -3.62. The smallest absolute Gasteiger partial charge is 0.259 e. The van der Waals surface area contributed by atoms with Gasteiger partial charge in [-0.25, -0.2) is 0 Å². The van der Waals surface area contributed by atoms with Crippen molar-refractivity contribution in [3.63, 3.8) is 0 Å². The van der Waals surface area contributed by atoms with Gasteiger partial charge in [0.25, 0.3) is 5.91 Å². The quantitative estimate of drug-likeness (QED) is 0.548. The van der Waals surface area contributed by atoms with E-state index < -0.39 is 0 Å². The molecule has 0 radical (unpaired) electrons. The number of phenolic OH excluding ortho intramolecular Hbond substituents is 1. The number of carbonyl (C=O) groups excluding carboxylic acids is 1. The standard InChI is InChI=1S/C21H28N6O3/c1-12-11-26(8-9-27(12)21(29)19-13(2)25-30-14(19)3)17(20(23)24)10-16(22)15-6-4-5-7-18(15)28/h4-7,10,12,28H,8-9,11,22-24H2,1-3H3/b16-10-. The number of aromatic hydroxyl groups is 1. The SMILES string of the molecule is Cc1noc(C)c1C(=O)N1CCN(C(/C=C(\N)c2ccccc2O)=C(N)N)CC1C. The van der Waals surface area contributed by atoms with Gasteiger partial charge in [-0.1, -0.05) is 17.3 Å². The number of allylic oxidation sites excluding steroid dienone is 1. The summed E-state index contributed by atoms with van der Waals surface area (Å²) in [4.78, 5) is 16.8. The lowest BCUT2D eigenvalue weighted by Crippen LogP contribution is -2.54. The number of phenols is 1. The third-order valence-electron chi connectivity index (χ3n) is 5.28. The van der Waals surface area contributed by atoms with Gasteiger partial charge in [0.2, 0.25) is 0 Å². The monoisotopic (exact) mass is 412 g/mol. The van der Waals surface area contributed by atoms with Gasteiger partial charge in [-0.3, -0.25) is 4.79 Å². The van der Waals surface area contributed by atoms with Crippen LogP contribution in [0.25, 0.3) is 5.70 Å². The molecule has 2 heterocycles. The molecule has 0 spiro atoms. The molecule has 1 unspecified atom stereocenters. The van der Waals surface area contributed by atoms with Crippen molar-refractivity contribution in [1.29, 1.82) is 0 Å². The second kappa shape index (κ2) is 8.40. The summed E-state index contributed by atoms with van der Waals surface area (Å²) in [5.74, 6) is 0.599. The third kappa shape index (κ3) is 4.05. The number of benzene rings is 1. The van der Waals surface area contributed by atoms with Crippen molar-refractivity contribution in [1.82, 2.24) is 15.0 Å². The summed E-state index contributed by atoms with van der Waals surface area (Å²) in [5, 5.41) is 13.9. The van der Waals surface area contributed by atoms with Crippen molar-refractivity contribution in [2.24, 2.45) is 17.2 Å². The zero-order chi connectivity index (χ0) is 22.0. The summed E-state index contributed by atoms with van der Waals surface area (Å²) < 4.78 is 5.14. The van der Waals surface area contributed by atoms with E-state index in [1.807, 2.05) is 11.8 Å². The lowest BCUT2D eigenvalue weighted by Gasteiger charge is -2.41. The van der Waals surface area contributed by atoms with Crippen molar-refractivity contribution >= 4 is 11.6 Å². The van der Waals surface area contributed by atoms with E-state index in [-0.39, 0.29) is 23.5 Å². The van der Waals surface area contributed by atoms with Gasteiger partial charge in [0, 0.05) is 36.9 Å². The van der Waals surface area contributed by atoms with E-state index >= 15 is 0 Å². The fraction of sp³-hybridized carbons (Fsp3) is 0.333. The first-order valence-corrected chi connectivity index (χ1v) is 9.70. The van der Waals surface area contributed by atoms with Crippen LogP contribution >= 0.6 is 0 Å². The number of para-hydroxylation sites is 1. The van der Waals surface area contributed by atoms with Crippen LogP contribution in [0.2, 0.25) is 0 Å².